The van der Waals surface area contributed by atoms with Crippen LogP contribution in [0.5, 0.6) is 5.75 Å². The molecular weight excluding hydrogens is 302 g/mol. The van der Waals surface area contributed by atoms with Gasteiger partial charge in [-0.15, -0.1) is 0 Å². The van der Waals surface area contributed by atoms with Crippen LogP contribution >= 0.6 is 11.6 Å². The zero-order chi connectivity index (χ0) is 14.8. The van der Waals surface area contributed by atoms with Crippen molar-refractivity contribution in [2.45, 2.75) is 18.9 Å². The zero-order valence-electron chi connectivity index (χ0n) is 11.1. The quantitative estimate of drug-likeness (QED) is 0.911. The van der Waals surface area contributed by atoms with E-state index in [-0.39, 0.29) is 24.0 Å². The molecule has 1 aliphatic rings. The van der Waals surface area contributed by atoms with Crippen LogP contribution in [0.1, 0.15) is 13.3 Å². The molecule has 1 amide bonds. The van der Waals surface area contributed by atoms with Gasteiger partial charge in [-0.1, -0.05) is 17.7 Å². The van der Waals surface area contributed by atoms with Crippen molar-refractivity contribution in [3.8, 4) is 5.75 Å². The summed E-state index contributed by atoms with van der Waals surface area (Å²) < 4.78 is 28.2. The summed E-state index contributed by atoms with van der Waals surface area (Å²) >= 11 is 5.80. The molecule has 110 valence electrons. The lowest BCUT2D eigenvalue weighted by atomic mass is 10.0. The monoisotopic (exact) mass is 317 g/mol. The number of benzene rings is 1. The summed E-state index contributed by atoms with van der Waals surface area (Å²) in [5.74, 6) is 0.239. The highest BCUT2D eigenvalue weighted by Gasteiger charge is 2.39. The Morgan fingerprint density at radius 2 is 2.25 bits per heavy atom. The third-order valence-electron chi connectivity index (χ3n) is 3.11. The summed E-state index contributed by atoms with van der Waals surface area (Å²) in [6.07, 6.45) is 0.429. The van der Waals surface area contributed by atoms with Gasteiger partial charge in [0, 0.05) is 5.02 Å². The molecule has 1 aromatic carbocycles. The molecule has 2 rings (SSSR count). The fraction of sp³-hybridized carbons (Fsp3) is 0.462. The average molecular weight is 318 g/mol. The molecule has 7 heteroatoms. The smallest absolute Gasteiger partial charge is 0.258 e. The number of rotatable bonds is 4. The van der Waals surface area contributed by atoms with Gasteiger partial charge in [-0.05, 0) is 31.5 Å². The summed E-state index contributed by atoms with van der Waals surface area (Å²) in [5.41, 5.74) is -0.701. The second-order valence-electron chi connectivity index (χ2n) is 5.20. The highest BCUT2D eigenvalue weighted by Crippen LogP contribution is 2.22. The van der Waals surface area contributed by atoms with E-state index in [1.165, 1.54) is 0 Å². The minimum absolute atomic E-state index is 0.0249. The Kier molecular flexibility index (Phi) is 4.25. The van der Waals surface area contributed by atoms with Crippen LogP contribution in [0.15, 0.2) is 24.3 Å². The molecule has 1 aliphatic heterocycles. The van der Waals surface area contributed by atoms with E-state index in [0.717, 1.165) is 0 Å². The number of hydrogen-bond donors (Lipinski definition) is 1. The van der Waals surface area contributed by atoms with Gasteiger partial charge in [0.25, 0.3) is 5.91 Å². The molecule has 20 heavy (non-hydrogen) atoms. The Morgan fingerprint density at radius 1 is 1.50 bits per heavy atom. The maximum atomic E-state index is 11.8. The third kappa shape index (κ3) is 4.11. The Morgan fingerprint density at radius 3 is 2.85 bits per heavy atom. The van der Waals surface area contributed by atoms with Gasteiger partial charge in [0.1, 0.15) is 5.75 Å². The lowest BCUT2D eigenvalue weighted by Gasteiger charge is -2.23. The van der Waals surface area contributed by atoms with Crippen LogP contribution < -0.4 is 10.1 Å². The molecule has 1 aromatic rings. The predicted octanol–water partition coefficient (Wildman–Crippen LogP) is 1.41. The highest BCUT2D eigenvalue weighted by atomic mass is 35.5. The molecule has 1 N–H and O–H groups in total. The fourth-order valence-electron chi connectivity index (χ4n) is 2.19. The van der Waals surface area contributed by atoms with Crippen molar-refractivity contribution in [3.63, 3.8) is 0 Å². The molecule has 1 fully saturated rings. The first-order valence-electron chi connectivity index (χ1n) is 6.18. The van der Waals surface area contributed by atoms with Crippen molar-refractivity contribution < 1.29 is 17.9 Å². The summed E-state index contributed by atoms with van der Waals surface area (Å²) in [4.78, 5) is 11.8. The minimum Gasteiger partial charge on any atom is -0.484 e. The Balaban J connectivity index is 1.87. The van der Waals surface area contributed by atoms with E-state index in [1.54, 1.807) is 31.2 Å². The van der Waals surface area contributed by atoms with Crippen LogP contribution in [-0.4, -0.2) is 38.0 Å². The largest absolute Gasteiger partial charge is 0.484 e. The zero-order valence-corrected chi connectivity index (χ0v) is 12.6. The van der Waals surface area contributed by atoms with Crippen molar-refractivity contribution in [1.29, 1.82) is 0 Å². The second-order valence-corrected chi connectivity index (χ2v) is 7.82. The second kappa shape index (κ2) is 5.61. The van der Waals surface area contributed by atoms with Crippen molar-refractivity contribution in [3.05, 3.63) is 29.3 Å². The topological polar surface area (TPSA) is 72.5 Å². The van der Waals surface area contributed by atoms with E-state index in [1.807, 2.05) is 0 Å². The molecule has 1 saturated heterocycles. The van der Waals surface area contributed by atoms with E-state index in [0.29, 0.717) is 17.2 Å². The van der Waals surface area contributed by atoms with Gasteiger partial charge in [0.05, 0.1) is 17.0 Å². The molecule has 0 unspecified atom stereocenters. The van der Waals surface area contributed by atoms with Gasteiger partial charge in [-0.3, -0.25) is 4.79 Å². The van der Waals surface area contributed by atoms with Gasteiger partial charge in [0.2, 0.25) is 0 Å². The van der Waals surface area contributed by atoms with E-state index in [4.69, 9.17) is 16.3 Å². The standard InChI is InChI=1S/C13H16ClNO4S/c1-13(5-6-20(17,18)9-13)15-12(16)8-19-11-4-2-3-10(14)7-11/h2-4,7H,5-6,8-9H2,1H3,(H,15,16)/t13-/m0/s1. The van der Waals surface area contributed by atoms with Crippen LogP contribution in [0.25, 0.3) is 0 Å². The maximum absolute atomic E-state index is 11.8. The van der Waals surface area contributed by atoms with E-state index in [2.05, 4.69) is 5.32 Å². The molecule has 1 atom stereocenters. The van der Waals surface area contributed by atoms with Gasteiger partial charge >= 0.3 is 0 Å². The normalized spacial score (nSPS) is 24.3. The molecule has 1 heterocycles. The first kappa shape index (κ1) is 15.1. The molecule has 0 aliphatic carbocycles. The molecule has 0 spiro atoms. The summed E-state index contributed by atoms with van der Waals surface area (Å²) in [6.45, 7) is 1.56. The van der Waals surface area contributed by atoms with Gasteiger partial charge < -0.3 is 10.1 Å². The number of carbonyl (C=O) groups excluding carboxylic acids is 1. The van der Waals surface area contributed by atoms with Crippen LogP contribution in [-0.2, 0) is 14.6 Å². The van der Waals surface area contributed by atoms with Crippen molar-refractivity contribution in [2.24, 2.45) is 0 Å². The van der Waals surface area contributed by atoms with Crippen molar-refractivity contribution in [2.75, 3.05) is 18.1 Å². The number of sulfone groups is 1. The number of halogens is 1. The van der Waals surface area contributed by atoms with Gasteiger partial charge in [-0.2, -0.15) is 0 Å². The Bertz CT molecular complexity index is 617. The first-order chi connectivity index (χ1) is 9.28. The SMILES string of the molecule is C[C@]1(NC(=O)COc2cccc(Cl)c2)CCS(=O)(=O)C1. The molecule has 0 radical (unpaired) electrons. The molecule has 5 nitrogen and oxygen atoms in total. The molecule has 0 saturated carbocycles. The molecular formula is C13H16ClNO4S. The molecule has 0 bridgehead atoms. The number of hydrogen-bond acceptors (Lipinski definition) is 4. The van der Waals surface area contributed by atoms with E-state index >= 15 is 0 Å². The van der Waals surface area contributed by atoms with Crippen LogP contribution in [0.3, 0.4) is 0 Å². The van der Waals surface area contributed by atoms with Crippen LogP contribution in [0.2, 0.25) is 5.02 Å². The summed E-state index contributed by atoms with van der Waals surface area (Å²) in [7, 11) is -3.05. The van der Waals surface area contributed by atoms with Gasteiger partial charge in [-0.25, -0.2) is 8.42 Å². The number of ether oxygens (including phenoxy) is 1. The van der Waals surface area contributed by atoms with Gasteiger partial charge in [0.15, 0.2) is 16.4 Å². The number of carbonyl (C=O) groups is 1. The summed E-state index contributed by atoms with van der Waals surface area (Å²) in [5, 5.41) is 3.24. The number of nitrogens with one attached hydrogen (secondary N) is 1. The maximum Gasteiger partial charge on any atom is 0.258 e. The highest BCUT2D eigenvalue weighted by molar-refractivity contribution is 7.91. The lowest BCUT2D eigenvalue weighted by molar-refractivity contribution is -0.124. The summed E-state index contributed by atoms with van der Waals surface area (Å²) in [6, 6.07) is 6.73. The Hall–Kier alpha value is -1.27. The van der Waals surface area contributed by atoms with E-state index in [9.17, 15) is 13.2 Å². The third-order valence-corrected chi connectivity index (χ3v) is 5.25. The van der Waals surface area contributed by atoms with Crippen molar-refractivity contribution in [1.82, 2.24) is 5.32 Å². The average Bonchev–Trinajstić information content (AvgIpc) is 2.61. The minimum atomic E-state index is -3.05. The van der Waals surface area contributed by atoms with Crippen molar-refractivity contribution >= 4 is 27.3 Å². The Labute approximate surface area is 123 Å². The number of amides is 1. The van der Waals surface area contributed by atoms with Crippen LogP contribution in [0, 0.1) is 0 Å². The lowest BCUT2D eigenvalue weighted by Crippen LogP contribution is -2.48. The first-order valence-corrected chi connectivity index (χ1v) is 8.38. The fourth-order valence-corrected chi connectivity index (χ4v) is 4.46. The molecule has 0 aromatic heterocycles. The van der Waals surface area contributed by atoms with E-state index < -0.39 is 15.4 Å². The van der Waals surface area contributed by atoms with Crippen LogP contribution in [0.4, 0.5) is 0 Å². The predicted molar refractivity (Wildman–Crippen MR) is 76.8 cm³/mol.